The molecule has 0 bridgehead atoms. The number of aliphatic hydroxyl groups is 1. The molecule has 16 heavy (non-hydrogen) atoms. The van der Waals surface area contributed by atoms with Crippen LogP contribution in [-0.4, -0.2) is 27.4 Å². The third kappa shape index (κ3) is 2.53. The molecule has 1 atom stereocenters. The van der Waals surface area contributed by atoms with Crippen molar-refractivity contribution in [1.29, 1.82) is 0 Å². The normalized spacial score (nSPS) is 12.4. The summed E-state index contributed by atoms with van der Waals surface area (Å²) in [6.45, 7) is 0. The molecule has 2 aromatic heterocycles. The van der Waals surface area contributed by atoms with Crippen LogP contribution >= 0.6 is 11.3 Å². The first-order chi connectivity index (χ1) is 7.79. The van der Waals surface area contributed by atoms with Gasteiger partial charge in [0.25, 0.3) is 0 Å². The molecule has 0 aliphatic carbocycles. The highest BCUT2D eigenvalue weighted by molar-refractivity contribution is 7.09. The van der Waals surface area contributed by atoms with Crippen molar-refractivity contribution in [3.8, 4) is 5.88 Å². The van der Waals surface area contributed by atoms with E-state index in [1.54, 1.807) is 18.3 Å². The van der Waals surface area contributed by atoms with Crippen LogP contribution in [0, 0.1) is 0 Å². The lowest BCUT2D eigenvalue weighted by Crippen LogP contribution is -2.05. The topological polar surface area (TPSA) is 68.1 Å². The summed E-state index contributed by atoms with van der Waals surface area (Å²) in [6.07, 6.45) is 1.50. The van der Waals surface area contributed by atoms with Crippen molar-refractivity contribution in [2.45, 2.75) is 12.5 Å². The van der Waals surface area contributed by atoms with E-state index in [4.69, 9.17) is 4.74 Å². The van der Waals surface area contributed by atoms with Gasteiger partial charge in [-0.15, -0.1) is 21.5 Å². The molecule has 0 fully saturated rings. The molecule has 0 saturated heterocycles. The Balaban J connectivity index is 2.05. The lowest BCUT2D eigenvalue weighted by atomic mass is 10.2. The van der Waals surface area contributed by atoms with Crippen LogP contribution in [0.15, 0.2) is 23.7 Å². The minimum absolute atomic E-state index is 0.435. The van der Waals surface area contributed by atoms with Crippen LogP contribution in [0.1, 0.15) is 16.8 Å². The average Bonchev–Trinajstić information content (AvgIpc) is 2.82. The van der Waals surface area contributed by atoms with E-state index in [-0.39, 0.29) is 0 Å². The van der Waals surface area contributed by atoms with E-state index in [1.807, 2.05) is 5.38 Å². The molecular weight excluding hydrogens is 226 g/mol. The predicted molar refractivity (Wildman–Crippen MR) is 59.4 cm³/mol. The molecule has 0 radical (unpaired) electrons. The average molecular weight is 237 g/mol. The van der Waals surface area contributed by atoms with Crippen molar-refractivity contribution in [3.63, 3.8) is 0 Å². The van der Waals surface area contributed by atoms with Gasteiger partial charge in [-0.25, -0.2) is 4.98 Å². The highest BCUT2D eigenvalue weighted by Crippen LogP contribution is 2.18. The van der Waals surface area contributed by atoms with Gasteiger partial charge in [0.2, 0.25) is 5.88 Å². The highest BCUT2D eigenvalue weighted by Gasteiger charge is 2.12. The molecule has 0 amide bonds. The number of ether oxygens (including phenoxy) is 1. The van der Waals surface area contributed by atoms with Gasteiger partial charge in [0.15, 0.2) is 0 Å². The molecule has 5 nitrogen and oxygen atoms in total. The molecule has 1 N–H and O–H groups in total. The van der Waals surface area contributed by atoms with Gasteiger partial charge in [-0.1, -0.05) is 0 Å². The maximum atomic E-state index is 9.88. The van der Waals surface area contributed by atoms with Crippen molar-refractivity contribution in [2.24, 2.45) is 0 Å². The summed E-state index contributed by atoms with van der Waals surface area (Å²) in [5, 5.41) is 20.3. The summed E-state index contributed by atoms with van der Waals surface area (Å²) in [6, 6.07) is 3.37. The fraction of sp³-hybridized carbons (Fsp3) is 0.300. The molecule has 6 heteroatoms. The van der Waals surface area contributed by atoms with Gasteiger partial charge < -0.3 is 9.84 Å². The minimum Gasteiger partial charge on any atom is -0.480 e. The van der Waals surface area contributed by atoms with Gasteiger partial charge in [0.1, 0.15) is 6.10 Å². The third-order valence-corrected chi connectivity index (χ3v) is 2.86. The van der Waals surface area contributed by atoms with Gasteiger partial charge in [-0.3, -0.25) is 0 Å². The summed E-state index contributed by atoms with van der Waals surface area (Å²) >= 11 is 1.51. The van der Waals surface area contributed by atoms with Crippen molar-refractivity contribution in [1.82, 2.24) is 15.2 Å². The van der Waals surface area contributed by atoms with Crippen LogP contribution in [-0.2, 0) is 6.42 Å². The Morgan fingerprint density at radius 2 is 2.31 bits per heavy atom. The third-order valence-electron chi connectivity index (χ3n) is 2.06. The first-order valence-electron chi connectivity index (χ1n) is 4.73. The van der Waals surface area contributed by atoms with E-state index in [9.17, 15) is 5.11 Å². The van der Waals surface area contributed by atoms with Crippen LogP contribution in [0.5, 0.6) is 5.88 Å². The van der Waals surface area contributed by atoms with Gasteiger partial charge in [0, 0.05) is 24.1 Å². The largest absolute Gasteiger partial charge is 0.480 e. The summed E-state index contributed by atoms with van der Waals surface area (Å²) in [7, 11) is 1.52. The molecule has 1 unspecified atom stereocenters. The van der Waals surface area contributed by atoms with E-state index >= 15 is 0 Å². The molecule has 0 spiro atoms. The van der Waals surface area contributed by atoms with Gasteiger partial charge >= 0.3 is 0 Å². The van der Waals surface area contributed by atoms with E-state index in [2.05, 4.69) is 15.2 Å². The van der Waals surface area contributed by atoms with Gasteiger partial charge in [0.05, 0.1) is 17.8 Å². The minimum atomic E-state index is -0.676. The summed E-state index contributed by atoms with van der Waals surface area (Å²) in [5.41, 5.74) is 0.524. The molecule has 0 aliphatic heterocycles. The summed E-state index contributed by atoms with van der Waals surface area (Å²) in [5.74, 6) is 0.435. The molecule has 0 aliphatic rings. The van der Waals surface area contributed by atoms with Crippen LogP contribution in [0.3, 0.4) is 0 Å². The molecule has 2 rings (SSSR count). The number of nitrogens with zero attached hydrogens (tertiary/aromatic N) is 3. The van der Waals surface area contributed by atoms with Crippen LogP contribution in [0.4, 0.5) is 0 Å². The molecule has 2 aromatic rings. The SMILES string of the molecule is COc1ccc(C(O)Cc2nccs2)nn1. The van der Waals surface area contributed by atoms with E-state index < -0.39 is 6.10 Å². The van der Waals surface area contributed by atoms with Crippen LogP contribution in [0.25, 0.3) is 0 Å². The second kappa shape index (κ2) is 5.00. The number of methoxy groups -OCH3 is 1. The lowest BCUT2D eigenvalue weighted by molar-refractivity contribution is 0.172. The fourth-order valence-electron chi connectivity index (χ4n) is 1.24. The van der Waals surface area contributed by atoms with Gasteiger partial charge in [-0.2, -0.15) is 0 Å². The zero-order chi connectivity index (χ0) is 11.4. The molecular formula is C10H11N3O2S. The maximum absolute atomic E-state index is 9.88. The first-order valence-corrected chi connectivity index (χ1v) is 5.61. The standard InChI is InChI=1S/C10H11N3O2S/c1-15-9-3-2-7(12-13-9)8(14)6-10-11-4-5-16-10/h2-5,8,14H,6H2,1H3. The van der Waals surface area contributed by atoms with Gasteiger partial charge in [-0.05, 0) is 6.07 Å². The Labute approximate surface area is 96.8 Å². The Morgan fingerprint density at radius 3 is 2.88 bits per heavy atom. The predicted octanol–water partition coefficient (Wildman–Crippen LogP) is 1.22. The van der Waals surface area contributed by atoms with Crippen molar-refractivity contribution in [2.75, 3.05) is 7.11 Å². The Bertz CT molecular complexity index is 430. The van der Waals surface area contributed by atoms with Crippen molar-refractivity contribution < 1.29 is 9.84 Å². The molecule has 84 valence electrons. The van der Waals surface area contributed by atoms with E-state index in [1.165, 1.54) is 18.4 Å². The zero-order valence-electron chi connectivity index (χ0n) is 8.70. The van der Waals surface area contributed by atoms with Crippen molar-refractivity contribution >= 4 is 11.3 Å². The quantitative estimate of drug-likeness (QED) is 0.865. The Kier molecular flexibility index (Phi) is 3.43. The van der Waals surface area contributed by atoms with Crippen LogP contribution < -0.4 is 4.74 Å². The number of hydrogen-bond donors (Lipinski definition) is 1. The molecule has 0 saturated carbocycles. The molecule has 0 aromatic carbocycles. The first kappa shape index (κ1) is 11.0. The summed E-state index contributed by atoms with van der Waals surface area (Å²) in [4.78, 5) is 4.10. The molecule has 2 heterocycles. The number of rotatable bonds is 4. The number of aliphatic hydroxyl groups excluding tert-OH is 1. The smallest absolute Gasteiger partial charge is 0.233 e. The fourth-order valence-corrected chi connectivity index (χ4v) is 1.90. The second-order valence-electron chi connectivity index (χ2n) is 3.15. The number of thiazole rings is 1. The zero-order valence-corrected chi connectivity index (χ0v) is 9.52. The highest BCUT2D eigenvalue weighted by atomic mass is 32.1. The Hall–Kier alpha value is -1.53. The van der Waals surface area contributed by atoms with E-state index in [0.717, 1.165) is 5.01 Å². The lowest BCUT2D eigenvalue weighted by Gasteiger charge is -2.07. The maximum Gasteiger partial charge on any atom is 0.233 e. The number of hydrogen-bond acceptors (Lipinski definition) is 6. The second-order valence-corrected chi connectivity index (χ2v) is 4.13. The number of aromatic nitrogens is 3. The van der Waals surface area contributed by atoms with Crippen LogP contribution in [0.2, 0.25) is 0 Å². The van der Waals surface area contributed by atoms with Crippen molar-refractivity contribution in [3.05, 3.63) is 34.4 Å². The van der Waals surface area contributed by atoms with E-state index in [0.29, 0.717) is 18.0 Å². The Morgan fingerprint density at radius 1 is 1.44 bits per heavy atom. The summed E-state index contributed by atoms with van der Waals surface area (Å²) < 4.78 is 4.89. The monoisotopic (exact) mass is 237 g/mol.